The Hall–Kier alpha value is -1.65. The number of aryl methyl sites for hydroxylation is 1. The van der Waals surface area contributed by atoms with Crippen molar-refractivity contribution in [2.45, 2.75) is 45.8 Å². The molecule has 3 rings (SSSR count). The molecule has 0 unspecified atom stereocenters. The maximum absolute atomic E-state index is 14.6. The molecule has 1 heterocycles. The monoisotopic (exact) mass is 312 g/mol. The summed E-state index contributed by atoms with van der Waals surface area (Å²) in [4.78, 5) is 0. The molecule has 0 atom stereocenters. The minimum absolute atomic E-state index is 0.263. The number of hydrogen-bond donors (Lipinski definition) is 0. The first-order valence-corrected chi connectivity index (χ1v) is 7.92. The van der Waals surface area contributed by atoms with Gasteiger partial charge in [-0.2, -0.15) is 0 Å². The molecule has 0 bridgehead atoms. The van der Waals surface area contributed by atoms with E-state index in [1.165, 1.54) is 6.07 Å². The molecule has 0 N–H and O–H groups in total. The van der Waals surface area contributed by atoms with Crippen LogP contribution in [0.15, 0.2) is 42.5 Å². The first-order chi connectivity index (χ1) is 10.7. The molecule has 4 heteroatoms. The van der Waals surface area contributed by atoms with E-state index in [2.05, 4.69) is 0 Å². The van der Waals surface area contributed by atoms with Gasteiger partial charge >= 0.3 is 7.12 Å². The fraction of sp³-hybridized carbons (Fsp3) is 0.368. The van der Waals surface area contributed by atoms with E-state index < -0.39 is 18.3 Å². The van der Waals surface area contributed by atoms with E-state index >= 15 is 0 Å². The van der Waals surface area contributed by atoms with E-state index in [1.54, 1.807) is 6.07 Å². The maximum atomic E-state index is 14.6. The Balaban J connectivity index is 1.90. The maximum Gasteiger partial charge on any atom is 0.494 e. The predicted molar refractivity (Wildman–Crippen MR) is 92.3 cm³/mol. The van der Waals surface area contributed by atoms with Crippen LogP contribution in [0, 0.1) is 12.7 Å². The molecule has 1 saturated heterocycles. The first-order valence-electron chi connectivity index (χ1n) is 7.92. The number of rotatable bonds is 2. The fourth-order valence-electron chi connectivity index (χ4n) is 2.62. The smallest absolute Gasteiger partial charge is 0.399 e. The fourth-order valence-corrected chi connectivity index (χ4v) is 2.62. The van der Waals surface area contributed by atoms with E-state index in [0.717, 1.165) is 11.1 Å². The van der Waals surface area contributed by atoms with Crippen LogP contribution in [0.5, 0.6) is 0 Å². The van der Waals surface area contributed by atoms with Gasteiger partial charge in [0.25, 0.3) is 0 Å². The normalized spacial score (nSPS) is 19.1. The third kappa shape index (κ3) is 2.93. The Bertz CT molecular complexity index is 707. The van der Waals surface area contributed by atoms with Gasteiger partial charge < -0.3 is 9.31 Å². The van der Waals surface area contributed by atoms with Gasteiger partial charge in [-0.05, 0) is 51.7 Å². The lowest BCUT2D eigenvalue weighted by Gasteiger charge is -2.32. The van der Waals surface area contributed by atoms with Crippen LogP contribution >= 0.6 is 0 Å². The molecule has 2 aromatic rings. The van der Waals surface area contributed by atoms with Gasteiger partial charge in [0.1, 0.15) is 5.82 Å². The summed E-state index contributed by atoms with van der Waals surface area (Å²) in [6.07, 6.45) is 0. The van der Waals surface area contributed by atoms with E-state index in [9.17, 15) is 4.39 Å². The highest BCUT2D eigenvalue weighted by Crippen LogP contribution is 2.36. The SMILES string of the molecule is Cc1ccc(-c2ccc(B3OC(C)(C)C(C)(C)O3)cc2F)cc1. The van der Waals surface area contributed by atoms with Crippen molar-refractivity contribution in [3.63, 3.8) is 0 Å². The highest BCUT2D eigenvalue weighted by Gasteiger charge is 2.51. The van der Waals surface area contributed by atoms with Crippen molar-refractivity contribution in [3.8, 4) is 11.1 Å². The van der Waals surface area contributed by atoms with Gasteiger partial charge in [0.2, 0.25) is 0 Å². The number of hydrogen-bond acceptors (Lipinski definition) is 2. The Morgan fingerprint density at radius 2 is 1.43 bits per heavy atom. The predicted octanol–water partition coefficient (Wildman–Crippen LogP) is 4.10. The Morgan fingerprint density at radius 1 is 0.870 bits per heavy atom. The molecule has 0 spiro atoms. The van der Waals surface area contributed by atoms with Crippen molar-refractivity contribution in [1.82, 2.24) is 0 Å². The third-order valence-electron chi connectivity index (χ3n) is 4.88. The van der Waals surface area contributed by atoms with Gasteiger partial charge in [0, 0.05) is 5.56 Å². The largest absolute Gasteiger partial charge is 0.494 e. The van der Waals surface area contributed by atoms with Crippen LogP contribution < -0.4 is 5.46 Å². The summed E-state index contributed by atoms with van der Waals surface area (Å²) < 4.78 is 26.5. The quantitative estimate of drug-likeness (QED) is 0.777. The van der Waals surface area contributed by atoms with Crippen molar-refractivity contribution in [2.24, 2.45) is 0 Å². The number of halogens is 1. The highest BCUT2D eigenvalue weighted by atomic mass is 19.1. The van der Waals surface area contributed by atoms with E-state index in [0.29, 0.717) is 11.0 Å². The zero-order valence-electron chi connectivity index (χ0n) is 14.3. The molecular formula is C19H22BFO2. The Morgan fingerprint density at radius 3 is 1.96 bits per heavy atom. The second kappa shape index (κ2) is 5.46. The molecule has 1 aliphatic heterocycles. The molecule has 1 aliphatic rings. The third-order valence-corrected chi connectivity index (χ3v) is 4.88. The molecule has 0 saturated carbocycles. The number of benzene rings is 2. The van der Waals surface area contributed by atoms with Crippen LogP contribution in [0.3, 0.4) is 0 Å². The lowest BCUT2D eigenvalue weighted by molar-refractivity contribution is 0.00578. The van der Waals surface area contributed by atoms with Crippen molar-refractivity contribution in [3.05, 3.63) is 53.8 Å². The zero-order valence-corrected chi connectivity index (χ0v) is 14.3. The molecule has 1 fully saturated rings. The minimum Gasteiger partial charge on any atom is -0.399 e. The molecule has 0 aromatic heterocycles. The lowest BCUT2D eigenvalue weighted by Crippen LogP contribution is -2.41. The molecule has 0 radical (unpaired) electrons. The molecule has 0 aliphatic carbocycles. The summed E-state index contributed by atoms with van der Waals surface area (Å²) in [5.41, 5.74) is 2.46. The van der Waals surface area contributed by atoms with Gasteiger partial charge in [-0.3, -0.25) is 0 Å². The molecule has 2 aromatic carbocycles. The van der Waals surface area contributed by atoms with Gasteiger partial charge in [-0.1, -0.05) is 42.0 Å². The minimum atomic E-state index is -0.540. The van der Waals surface area contributed by atoms with Gasteiger partial charge in [-0.15, -0.1) is 0 Å². The van der Waals surface area contributed by atoms with Gasteiger partial charge in [0.05, 0.1) is 11.2 Å². The Kier molecular flexibility index (Phi) is 3.85. The standard InChI is InChI=1S/C19H22BFO2/c1-13-6-8-14(9-7-13)16-11-10-15(12-17(16)21)20-22-18(2,3)19(4,5)23-20/h6-12H,1-5H3. The molecule has 2 nitrogen and oxygen atoms in total. The van der Waals surface area contributed by atoms with Gasteiger partial charge in [-0.25, -0.2) is 4.39 Å². The summed E-state index contributed by atoms with van der Waals surface area (Å²) in [6, 6.07) is 13.0. The lowest BCUT2D eigenvalue weighted by atomic mass is 9.78. The van der Waals surface area contributed by atoms with Crippen molar-refractivity contribution < 1.29 is 13.7 Å². The van der Waals surface area contributed by atoms with Crippen LogP contribution in [0.1, 0.15) is 33.3 Å². The zero-order chi connectivity index (χ0) is 16.8. The second-order valence-corrected chi connectivity index (χ2v) is 7.19. The van der Waals surface area contributed by atoms with E-state index in [-0.39, 0.29) is 5.82 Å². The van der Waals surface area contributed by atoms with Crippen LogP contribution in [0.2, 0.25) is 0 Å². The Labute approximate surface area is 137 Å². The first kappa shape index (κ1) is 16.2. The second-order valence-electron chi connectivity index (χ2n) is 7.19. The average Bonchev–Trinajstić information content (AvgIpc) is 2.68. The summed E-state index contributed by atoms with van der Waals surface area (Å²) in [5.74, 6) is -0.263. The summed E-state index contributed by atoms with van der Waals surface area (Å²) in [7, 11) is -0.540. The van der Waals surface area contributed by atoms with Crippen LogP contribution in [0.25, 0.3) is 11.1 Å². The summed E-state index contributed by atoms with van der Waals surface area (Å²) in [5, 5.41) is 0. The molecule has 23 heavy (non-hydrogen) atoms. The van der Waals surface area contributed by atoms with Gasteiger partial charge in [0.15, 0.2) is 0 Å². The summed E-state index contributed by atoms with van der Waals surface area (Å²) >= 11 is 0. The molecule has 0 amide bonds. The highest BCUT2D eigenvalue weighted by molar-refractivity contribution is 6.62. The van der Waals surface area contributed by atoms with Crippen molar-refractivity contribution >= 4 is 12.6 Å². The van der Waals surface area contributed by atoms with Crippen LogP contribution in [-0.2, 0) is 9.31 Å². The van der Waals surface area contributed by atoms with E-state index in [4.69, 9.17) is 9.31 Å². The molecule has 120 valence electrons. The summed E-state index contributed by atoms with van der Waals surface area (Å²) in [6.45, 7) is 9.98. The van der Waals surface area contributed by atoms with Crippen LogP contribution in [-0.4, -0.2) is 18.3 Å². The van der Waals surface area contributed by atoms with Crippen molar-refractivity contribution in [1.29, 1.82) is 0 Å². The van der Waals surface area contributed by atoms with Crippen LogP contribution in [0.4, 0.5) is 4.39 Å². The van der Waals surface area contributed by atoms with Crippen molar-refractivity contribution in [2.75, 3.05) is 0 Å². The molecular weight excluding hydrogens is 290 g/mol. The average molecular weight is 312 g/mol. The topological polar surface area (TPSA) is 18.5 Å². The van der Waals surface area contributed by atoms with E-state index in [1.807, 2.05) is 65.0 Å².